The largest absolute Gasteiger partial charge is 0.354 e. The van der Waals surface area contributed by atoms with E-state index in [2.05, 4.69) is 15.3 Å². The highest BCUT2D eigenvalue weighted by molar-refractivity contribution is 5.60. The first-order valence-electron chi connectivity index (χ1n) is 6.27. The van der Waals surface area contributed by atoms with E-state index in [9.17, 15) is 4.39 Å². The monoisotopic (exact) mass is 260 g/mol. The molecule has 0 aliphatic heterocycles. The molecule has 0 saturated carbocycles. The zero-order valence-electron chi connectivity index (χ0n) is 11.1. The highest BCUT2D eigenvalue weighted by atomic mass is 19.1. The van der Waals surface area contributed by atoms with E-state index in [4.69, 9.17) is 0 Å². The van der Waals surface area contributed by atoms with Crippen LogP contribution >= 0.6 is 0 Å². The lowest BCUT2D eigenvalue weighted by Crippen LogP contribution is -2.15. The molecule has 0 spiro atoms. The van der Waals surface area contributed by atoms with Gasteiger partial charge in [-0.25, -0.2) is 9.37 Å². The summed E-state index contributed by atoms with van der Waals surface area (Å²) in [6.07, 6.45) is 2.16. The van der Waals surface area contributed by atoms with Crippen molar-refractivity contribution in [2.24, 2.45) is 0 Å². The Balaban J connectivity index is 2.28. The third kappa shape index (κ3) is 3.19. The van der Waals surface area contributed by atoms with Crippen molar-refractivity contribution in [2.75, 3.05) is 23.8 Å². The van der Waals surface area contributed by atoms with Crippen LogP contribution in [0.5, 0.6) is 0 Å². The van der Waals surface area contributed by atoms with Crippen LogP contribution in [-0.2, 0) is 0 Å². The summed E-state index contributed by atoms with van der Waals surface area (Å²) in [6, 6.07) is 9.53. The fraction of sp³-hybridized carbons (Fsp3) is 0.286. The molecule has 4 nitrogen and oxygen atoms in total. The van der Waals surface area contributed by atoms with Crippen molar-refractivity contribution < 1.29 is 4.39 Å². The van der Waals surface area contributed by atoms with E-state index in [1.807, 2.05) is 37.3 Å². The Labute approximate surface area is 112 Å². The van der Waals surface area contributed by atoms with E-state index in [0.29, 0.717) is 5.95 Å². The van der Waals surface area contributed by atoms with Gasteiger partial charge in [0, 0.05) is 19.3 Å². The van der Waals surface area contributed by atoms with Gasteiger partial charge < -0.3 is 10.2 Å². The second-order valence-electron chi connectivity index (χ2n) is 4.19. The van der Waals surface area contributed by atoms with Crippen molar-refractivity contribution in [1.29, 1.82) is 0 Å². The summed E-state index contributed by atoms with van der Waals surface area (Å²) in [4.78, 5) is 9.85. The number of para-hydroxylation sites is 1. The lowest BCUT2D eigenvalue weighted by atomic mass is 10.3. The molecule has 0 saturated heterocycles. The summed E-state index contributed by atoms with van der Waals surface area (Å²) >= 11 is 0. The maximum absolute atomic E-state index is 13.8. The third-order valence-corrected chi connectivity index (χ3v) is 2.72. The first-order chi connectivity index (χ1) is 9.22. The Bertz CT molecular complexity index is 530. The van der Waals surface area contributed by atoms with Gasteiger partial charge in [0.25, 0.3) is 0 Å². The van der Waals surface area contributed by atoms with Gasteiger partial charge in [0.15, 0.2) is 11.6 Å². The van der Waals surface area contributed by atoms with Crippen LogP contribution in [0, 0.1) is 5.82 Å². The van der Waals surface area contributed by atoms with Crippen LogP contribution in [0.2, 0.25) is 0 Å². The molecule has 0 aliphatic carbocycles. The molecule has 0 unspecified atom stereocenters. The predicted molar refractivity (Wildman–Crippen MR) is 75.3 cm³/mol. The second kappa shape index (κ2) is 6.13. The number of halogens is 1. The fourth-order valence-corrected chi connectivity index (χ4v) is 1.69. The second-order valence-corrected chi connectivity index (χ2v) is 4.19. The van der Waals surface area contributed by atoms with Gasteiger partial charge in [-0.05, 0) is 18.6 Å². The molecule has 2 rings (SSSR count). The van der Waals surface area contributed by atoms with Crippen molar-refractivity contribution in [2.45, 2.75) is 13.3 Å². The smallest absolute Gasteiger partial charge is 0.224 e. The Morgan fingerprint density at radius 1 is 1.26 bits per heavy atom. The first kappa shape index (κ1) is 13.3. The summed E-state index contributed by atoms with van der Waals surface area (Å²) in [6.45, 7) is 2.81. The molecule has 100 valence electrons. The third-order valence-electron chi connectivity index (χ3n) is 2.72. The molecule has 0 amide bonds. The average molecular weight is 260 g/mol. The quantitative estimate of drug-likeness (QED) is 0.896. The molecular formula is C14H17FN4. The molecule has 1 N–H and O–H groups in total. The van der Waals surface area contributed by atoms with Crippen molar-refractivity contribution >= 4 is 17.5 Å². The normalized spacial score (nSPS) is 10.3. The van der Waals surface area contributed by atoms with Gasteiger partial charge in [-0.15, -0.1) is 0 Å². The molecule has 1 heterocycles. The van der Waals surface area contributed by atoms with Gasteiger partial charge in [0.2, 0.25) is 5.95 Å². The molecule has 0 atom stereocenters. The molecule has 1 aromatic heterocycles. The maximum atomic E-state index is 13.8. The Hall–Kier alpha value is -2.17. The van der Waals surface area contributed by atoms with Crippen molar-refractivity contribution in [3.05, 3.63) is 42.3 Å². The van der Waals surface area contributed by atoms with Crippen LogP contribution in [0.15, 0.2) is 36.5 Å². The highest BCUT2D eigenvalue weighted by Crippen LogP contribution is 2.24. The van der Waals surface area contributed by atoms with E-state index in [1.54, 1.807) is 11.9 Å². The summed E-state index contributed by atoms with van der Waals surface area (Å²) in [5.41, 5.74) is 0.876. The number of hydrogen-bond acceptors (Lipinski definition) is 4. The maximum Gasteiger partial charge on any atom is 0.224 e. The van der Waals surface area contributed by atoms with Gasteiger partial charge >= 0.3 is 0 Å². The Kier molecular flexibility index (Phi) is 4.28. The Morgan fingerprint density at radius 3 is 2.68 bits per heavy atom. The average Bonchev–Trinajstić information content (AvgIpc) is 2.46. The molecule has 0 fully saturated rings. The van der Waals surface area contributed by atoms with Gasteiger partial charge in [-0.3, -0.25) is 0 Å². The molecule has 2 aromatic rings. The number of anilines is 3. The van der Waals surface area contributed by atoms with E-state index in [1.165, 1.54) is 6.20 Å². The first-order valence-corrected chi connectivity index (χ1v) is 6.27. The van der Waals surface area contributed by atoms with Gasteiger partial charge in [0.1, 0.15) is 0 Å². The number of hydrogen-bond donors (Lipinski definition) is 1. The number of rotatable bonds is 5. The van der Waals surface area contributed by atoms with Gasteiger partial charge in [0.05, 0.1) is 6.20 Å². The van der Waals surface area contributed by atoms with Crippen LogP contribution in [0.3, 0.4) is 0 Å². The summed E-state index contributed by atoms with van der Waals surface area (Å²) < 4.78 is 13.8. The molecule has 0 bridgehead atoms. The van der Waals surface area contributed by atoms with E-state index in [-0.39, 0.29) is 5.82 Å². The van der Waals surface area contributed by atoms with E-state index in [0.717, 1.165) is 18.7 Å². The minimum atomic E-state index is -0.437. The summed E-state index contributed by atoms with van der Waals surface area (Å²) in [7, 11) is 1.78. The van der Waals surface area contributed by atoms with Crippen molar-refractivity contribution in [3.63, 3.8) is 0 Å². The van der Waals surface area contributed by atoms with Crippen molar-refractivity contribution in [3.8, 4) is 0 Å². The summed E-state index contributed by atoms with van der Waals surface area (Å²) in [5.74, 6) is 0.272. The topological polar surface area (TPSA) is 41.1 Å². The molecular weight excluding hydrogens is 243 g/mol. The standard InChI is InChI=1S/C14H17FN4/c1-3-9-16-14-17-10-12(15)13(18-14)19(2)11-7-5-4-6-8-11/h4-8,10H,3,9H2,1-2H3,(H,16,17,18). The van der Waals surface area contributed by atoms with Crippen LogP contribution in [0.1, 0.15) is 13.3 Å². The van der Waals surface area contributed by atoms with Gasteiger partial charge in [-0.1, -0.05) is 25.1 Å². The fourth-order valence-electron chi connectivity index (χ4n) is 1.69. The minimum absolute atomic E-state index is 0.264. The zero-order valence-corrected chi connectivity index (χ0v) is 11.1. The van der Waals surface area contributed by atoms with E-state index < -0.39 is 5.82 Å². The lowest BCUT2D eigenvalue weighted by Gasteiger charge is -2.19. The number of nitrogens with zero attached hydrogens (tertiary/aromatic N) is 3. The van der Waals surface area contributed by atoms with Crippen molar-refractivity contribution in [1.82, 2.24) is 9.97 Å². The number of aromatic nitrogens is 2. The number of benzene rings is 1. The molecule has 1 aromatic carbocycles. The van der Waals surface area contributed by atoms with Gasteiger partial charge in [-0.2, -0.15) is 4.98 Å². The van der Waals surface area contributed by atoms with Crippen LogP contribution in [0.25, 0.3) is 0 Å². The van der Waals surface area contributed by atoms with Crippen LogP contribution < -0.4 is 10.2 Å². The van der Waals surface area contributed by atoms with Crippen LogP contribution in [-0.4, -0.2) is 23.6 Å². The molecule has 0 aliphatic rings. The highest BCUT2D eigenvalue weighted by Gasteiger charge is 2.12. The Morgan fingerprint density at radius 2 is 2.00 bits per heavy atom. The molecule has 5 heteroatoms. The molecule has 0 radical (unpaired) electrons. The van der Waals surface area contributed by atoms with E-state index >= 15 is 0 Å². The van der Waals surface area contributed by atoms with Crippen LogP contribution in [0.4, 0.5) is 21.8 Å². The minimum Gasteiger partial charge on any atom is -0.354 e. The predicted octanol–water partition coefficient (Wildman–Crippen LogP) is 3.21. The number of nitrogens with one attached hydrogen (secondary N) is 1. The SMILES string of the molecule is CCCNc1ncc(F)c(N(C)c2ccccc2)n1. The lowest BCUT2D eigenvalue weighted by molar-refractivity contribution is 0.614. The summed E-state index contributed by atoms with van der Waals surface area (Å²) in [5, 5.41) is 3.05. The molecule has 19 heavy (non-hydrogen) atoms. The zero-order chi connectivity index (χ0) is 13.7.